The molecule has 0 saturated carbocycles. The predicted molar refractivity (Wildman–Crippen MR) is 71.7 cm³/mol. The second-order valence-corrected chi connectivity index (χ2v) is 5.18. The lowest BCUT2D eigenvalue weighted by Crippen LogP contribution is -2.39. The van der Waals surface area contributed by atoms with Gasteiger partial charge in [0.05, 0.1) is 11.8 Å². The van der Waals surface area contributed by atoms with Crippen LogP contribution in [0.5, 0.6) is 0 Å². The Morgan fingerprint density at radius 2 is 2.53 bits per heavy atom. The summed E-state index contributed by atoms with van der Waals surface area (Å²) in [7, 11) is 1.80. The van der Waals surface area contributed by atoms with Gasteiger partial charge in [0, 0.05) is 32.1 Å². The molecule has 0 bridgehead atoms. The van der Waals surface area contributed by atoms with E-state index in [2.05, 4.69) is 27.5 Å². The van der Waals surface area contributed by atoms with E-state index in [1.807, 2.05) is 0 Å². The Balaban J connectivity index is 1.94. The highest BCUT2D eigenvalue weighted by Crippen LogP contribution is 2.24. The molecule has 1 aliphatic heterocycles. The van der Waals surface area contributed by atoms with Crippen LogP contribution in [0.1, 0.15) is 25.5 Å². The highest BCUT2D eigenvalue weighted by molar-refractivity contribution is 7.13. The zero-order chi connectivity index (χ0) is 12.1. The van der Waals surface area contributed by atoms with Crippen LogP contribution < -0.4 is 10.2 Å². The number of nitrogens with one attached hydrogen (secondary N) is 1. The van der Waals surface area contributed by atoms with E-state index < -0.39 is 0 Å². The third-order valence-corrected chi connectivity index (χ3v) is 4.03. The van der Waals surface area contributed by atoms with Crippen molar-refractivity contribution in [3.05, 3.63) is 11.1 Å². The lowest BCUT2D eigenvalue weighted by molar-refractivity contribution is 0.0893. The highest BCUT2D eigenvalue weighted by Gasteiger charge is 2.21. The molecule has 96 valence electrons. The Hall–Kier alpha value is -0.650. The van der Waals surface area contributed by atoms with Crippen LogP contribution in [0.2, 0.25) is 0 Å². The number of methoxy groups -OCH3 is 1. The first-order valence-corrected chi connectivity index (χ1v) is 7.14. The Kier molecular flexibility index (Phi) is 4.76. The predicted octanol–water partition coefficient (Wildman–Crippen LogP) is 1.87. The minimum Gasteiger partial charge on any atom is -0.380 e. The van der Waals surface area contributed by atoms with E-state index in [0.717, 1.165) is 37.0 Å². The van der Waals surface area contributed by atoms with Crippen LogP contribution >= 0.6 is 11.3 Å². The Morgan fingerprint density at radius 3 is 3.29 bits per heavy atom. The van der Waals surface area contributed by atoms with Gasteiger partial charge in [-0.05, 0) is 19.4 Å². The molecule has 1 N–H and O–H groups in total. The maximum atomic E-state index is 5.44. The van der Waals surface area contributed by atoms with Crippen molar-refractivity contribution in [1.82, 2.24) is 10.3 Å². The molecule has 2 heterocycles. The van der Waals surface area contributed by atoms with Gasteiger partial charge >= 0.3 is 0 Å². The normalized spacial score (nSPS) is 20.8. The summed E-state index contributed by atoms with van der Waals surface area (Å²) in [6.45, 7) is 6.05. The maximum Gasteiger partial charge on any atom is 0.185 e. The molecular weight excluding hydrogens is 234 g/mol. The van der Waals surface area contributed by atoms with Crippen LogP contribution in [0.25, 0.3) is 0 Å². The van der Waals surface area contributed by atoms with Gasteiger partial charge in [-0.1, -0.05) is 6.92 Å². The van der Waals surface area contributed by atoms with Crippen LogP contribution in [0.15, 0.2) is 5.38 Å². The number of rotatable bonds is 5. The topological polar surface area (TPSA) is 37.4 Å². The molecule has 0 amide bonds. The summed E-state index contributed by atoms with van der Waals surface area (Å²) in [6, 6.07) is 0. The Bertz CT molecular complexity index is 342. The summed E-state index contributed by atoms with van der Waals surface area (Å²) in [6.07, 6.45) is 2.73. The van der Waals surface area contributed by atoms with Gasteiger partial charge in [0.2, 0.25) is 0 Å². The zero-order valence-corrected chi connectivity index (χ0v) is 11.4. The molecule has 0 spiro atoms. The van der Waals surface area contributed by atoms with Gasteiger partial charge in [0.25, 0.3) is 0 Å². The first-order chi connectivity index (χ1) is 8.33. The summed E-state index contributed by atoms with van der Waals surface area (Å²) < 4.78 is 5.44. The number of ether oxygens (including phenoxy) is 1. The number of thiazole rings is 1. The fourth-order valence-corrected chi connectivity index (χ4v) is 2.94. The van der Waals surface area contributed by atoms with E-state index in [1.54, 1.807) is 18.4 Å². The standard InChI is InChI=1S/C12H21N3OS/c1-3-13-7-10-9-17-12(14-10)15-6-4-5-11(8-15)16-2/h9,11,13H,3-8H2,1-2H3. The second kappa shape index (κ2) is 6.33. The minimum atomic E-state index is 0.366. The average molecular weight is 255 g/mol. The van der Waals surface area contributed by atoms with E-state index in [1.165, 1.54) is 12.8 Å². The van der Waals surface area contributed by atoms with Crippen molar-refractivity contribution >= 4 is 16.5 Å². The maximum absolute atomic E-state index is 5.44. The van der Waals surface area contributed by atoms with E-state index in [-0.39, 0.29) is 0 Å². The monoisotopic (exact) mass is 255 g/mol. The SMILES string of the molecule is CCNCc1csc(N2CCCC(OC)C2)n1. The van der Waals surface area contributed by atoms with E-state index in [0.29, 0.717) is 6.10 Å². The molecule has 0 aliphatic carbocycles. The quantitative estimate of drug-likeness (QED) is 0.871. The highest BCUT2D eigenvalue weighted by atomic mass is 32.1. The van der Waals surface area contributed by atoms with Crippen LogP contribution in [-0.4, -0.2) is 37.8 Å². The number of nitrogens with zero attached hydrogens (tertiary/aromatic N) is 2. The molecule has 1 fully saturated rings. The Labute approximate surface area is 107 Å². The second-order valence-electron chi connectivity index (χ2n) is 4.35. The van der Waals surface area contributed by atoms with Gasteiger partial charge in [-0.15, -0.1) is 11.3 Å². The zero-order valence-electron chi connectivity index (χ0n) is 10.6. The van der Waals surface area contributed by atoms with Crippen LogP contribution in [0.4, 0.5) is 5.13 Å². The molecule has 17 heavy (non-hydrogen) atoms. The van der Waals surface area contributed by atoms with Crippen LogP contribution in [-0.2, 0) is 11.3 Å². The minimum absolute atomic E-state index is 0.366. The number of anilines is 1. The molecule has 1 atom stereocenters. The number of hydrogen-bond acceptors (Lipinski definition) is 5. The van der Waals surface area contributed by atoms with Gasteiger partial charge in [-0.2, -0.15) is 0 Å². The van der Waals surface area contributed by atoms with Gasteiger partial charge in [0.15, 0.2) is 5.13 Å². The first kappa shape index (κ1) is 12.8. The molecule has 5 heteroatoms. The summed E-state index contributed by atoms with van der Waals surface area (Å²) in [5, 5.41) is 6.59. The third-order valence-electron chi connectivity index (χ3n) is 3.08. The van der Waals surface area contributed by atoms with Gasteiger partial charge in [0.1, 0.15) is 0 Å². The van der Waals surface area contributed by atoms with Crippen molar-refractivity contribution in [1.29, 1.82) is 0 Å². The lowest BCUT2D eigenvalue weighted by Gasteiger charge is -2.31. The fourth-order valence-electron chi connectivity index (χ4n) is 2.08. The third kappa shape index (κ3) is 3.40. The molecule has 4 nitrogen and oxygen atoms in total. The van der Waals surface area contributed by atoms with Crippen molar-refractivity contribution in [2.45, 2.75) is 32.4 Å². The number of hydrogen-bond donors (Lipinski definition) is 1. The molecule has 0 aromatic carbocycles. The van der Waals surface area contributed by atoms with Crippen molar-refractivity contribution in [2.24, 2.45) is 0 Å². The van der Waals surface area contributed by atoms with E-state index in [4.69, 9.17) is 4.74 Å². The Morgan fingerprint density at radius 1 is 1.65 bits per heavy atom. The molecule has 1 aliphatic rings. The fraction of sp³-hybridized carbons (Fsp3) is 0.750. The first-order valence-electron chi connectivity index (χ1n) is 6.26. The molecule has 2 rings (SSSR count). The van der Waals surface area contributed by atoms with Crippen LogP contribution in [0.3, 0.4) is 0 Å². The lowest BCUT2D eigenvalue weighted by atomic mass is 10.1. The summed E-state index contributed by atoms with van der Waals surface area (Å²) in [4.78, 5) is 7.01. The van der Waals surface area contributed by atoms with Crippen LogP contribution in [0, 0.1) is 0 Å². The largest absolute Gasteiger partial charge is 0.380 e. The summed E-state index contributed by atoms with van der Waals surface area (Å²) in [5.41, 5.74) is 1.14. The van der Waals surface area contributed by atoms with Crippen molar-refractivity contribution < 1.29 is 4.74 Å². The molecule has 1 saturated heterocycles. The van der Waals surface area contributed by atoms with Gasteiger partial charge in [-0.25, -0.2) is 4.98 Å². The van der Waals surface area contributed by atoms with Gasteiger partial charge < -0.3 is 15.0 Å². The van der Waals surface area contributed by atoms with E-state index >= 15 is 0 Å². The molecule has 1 aromatic heterocycles. The molecule has 1 aromatic rings. The average Bonchev–Trinajstić information content (AvgIpc) is 2.85. The number of aromatic nitrogens is 1. The smallest absolute Gasteiger partial charge is 0.185 e. The van der Waals surface area contributed by atoms with E-state index in [9.17, 15) is 0 Å². The molecular formula is C12H21N3OS. The van der Waals surface area contributed by atoms with Gasteiger partial charge in [-0.3, -0.25) is 0 Å². The number of piperidine rings is 1. The van der Waals surface area contributed by atoms with Crippen molar-refractivity contribution in [2.75, 3.05) is 31.6 Å². The molecule has 1 unspecified atom stereocenters. The van der Waals surface area contributed by atoms with Crippen molar-refractivity contribution in [3.63, 3.8) is 0 Å². The summed E-state index contributed by atoms with van der Waals surface area (Å²) >= 11 is 1.74. The summed E-state index contributed by atoms with van der Waals surface area (Å²) in [5.74, 6) is 0. The van der Waals surface area contributed by atoms with Crippen molar-refractivity contribution in [3.8, 4) is 0 Å². The molecule has 0 radical (unpaired) electrons.